The van der Waals surface area contributed by atoms with Crippen LogP contribution in [0.1, 0.15) is 24.6 Å². The molecule has 4 rings (SSSR count). The minimum Gasteiger partial charge on any atom is -0.316 e. The molecule has 1 aliphatic rings. The third-order valence-electron chi connectivity index (χ3n) is 4.66. The van der Waals surface area contributed by atoms with Gasteiger partial charge in [-0.2, -0.15) is 5.10 Å². The van der Waals surface area contributed by atoms with E-state index in [9.17, 15) is 9.59 Å². The number of hydrogen-bond donors (Lipinski definition) is 2. The second-order valence-electron chi connectivity index (χ2n) is 6.65. The Labute approximate surface area is 161 Å². The number of hydrogen-bond acceptors (Lipinski definition) is 6. The van der Waals surface area contributed by atoms with Crippen molar-refractivity contribution in [3.05, 3.63) is 65.2 Å². The molecule has 1 fully saturated rings. The zero-order chi connectivity index (χ0) is 19.3. The lowest BCUT2D eigenvalue weighted by molar-refractivity contribution is -0.117. The second kappa shape index (κ2) is 8.13. The smallest absolute Gasteiger partial charge is 0.316 e. The van der Waals surface area contributed by atoms with E-state index < -0.39 is 0 Å². The first-order valence-corrected chi connectivity index (χ1v) is 9.24. The molecular weight excluding hydrogens is 358 g/mol. The van der Waals surface area contributed by atoms with Crippen LogP contribution in [0.5, 0.6) is 0 Å². The fourth-order valence-corrected chi connectivity index (χ4v) is 3.37. The molecule has 3 aromatic rings. The molecular formula is C19H21N7O2. The first kappa shape index (κ1) is 18.1. The Morgan fingerprint density at radius 3 is 2.82 bits per heavy atom. The van der Waals surface area contributed by atoms with Crippen LogP contribution in [-0.4, -0.2) is 43.3 Å². The van der Waals surface area contributed by atoms with Crippen LogP contribution in [0.3, 0.4) is 0 Å². The van der Waals surface area contributed by atoms with E-state index in [0.29, 0.717) is 11.6 Å². The van der Waals surface area contributed by atoms with Gasteiger partial charge in [0.25, 0.3) is 0 Å². The van der Waals surface area contributed by atoms with Crippen molar-refractivity contribution in [3.8, 4) is 5.69 Å². The van der Waals surface area contributed by atoms with Crippen LogP contribution < -0.4 is 16.3 Å². The highest BCUT2D eigenvalue weighted by Gasteiger charge is 2.25. The molecule has 1 aromatic carbocycles. The zero-order valence-corrected chi connectivity index (χ0v) is 15.3. The van der Waals surface area contributed by atoms with E-state index in [1.165, 1.54) is 23.3 Å². The van der Waals surface area contributed by atoms with Gasteiger partial charge < -0.3 is 10.6 Å². The molecule has 3 heterocycles. The Hall–Kier alpha value is -3.33. The van der Waals surface area contributed by atoms with Crippen molar-refractivity contribution in [2.45, 2.75) is 25.3 Å². The molecule has 0 saturated carbocycles. The summed E-state index contributed by atoms with van der Waals surface area (Å²) in [4.78, 5) is 33.3. The van der Waals surface area contributed by atoms with E-state index in [0.717, 1.165) is 31.6 Å². The molecule has 2 N–H and O–H groups in total. The van der Waals surface area contributed by atoms with E-state index in [1.807, 2.05) is 30.3 Å². The maximum absolute atomic E-state index is 13.1. The Morgan fingerprint density at radius 2 is 2.11 bits per heavy atom. The first-order valence-electron chi connectivity index (χ1n) is 9.24. The number of rotatable bonds is 5. The van der Waals surface area contributed by atoms with Gasteiger partial charge in [-0.15, -0.1) is 0 Å². The van der Waals surface area contributed by atoms with Gasteiger partial charge >= 0.3 is 5.69 Å². The lowest BCUT2D eigenvalue weighted by Gasteiger charge is -2.22. The highest BCUT2D eigenvalue weighted by atomic mass is 16.2. The lowest BCUT2D eigenvalue weighted by Crippen LogP contribution is -2.31. The molecule has 28 heavy (non-hydrogen) atoms. The highest BCUT2D eigenvalue weighted by molar-refractivity contribution is 5.89. The number of carbonyl (C=O) groups excluding carboxylic acids is 1. The summed E-state index contributed by atoms with van der Waals surface area (Å²) in [6, 6.07) is 9.39. The van der Waals surface area contributed by atoms with Gasteiger partial charge in [0.2, 0.25) is 5.91 Å². The van der Waals surface area contributed by atoms with Gasteiger partial charge in [-0.3, -0.25) is 9.78 Å². The van der Waals surface area contributed by atoms with Gasteiger partial charge in [-0.05, 0) is 31.5 Å². The fourth-order valence-electron chi connectivity index (χ4n) is 3.37. The largest absolute Gasteiger partial charge is 0.351 e. The van der Waals surface area contributed by atoms with Crippen molar-refractivity contribution in [2.75, 3.05) is 18.4 Å². The predicted octanol–water partition coefficient (Wildman–Crippen LogP) is 0.930. The maximum atomic E-state index is 13.1. The number of aromatic nitrogens is 5. The molecule has 144 valence electrons. The molecule has 0 radical (unpaired) electrons. The maximum Gasteiger partial charge on any atom is 0.351 e. The number of piperidine rings is 1. The quantitative estimate of drug-likeness (QED) is 0.683. The average molecular weight is 379 g/mol. The van der Waals surface area contributed by atoms with Crippen LogP contribution >= 0.6 is 0 Å². The second-order valence-corrected chi connectivity index (χ2v) is 6.65. The van der Waals surface area contributed by atoms with Crippen LogP contribution in [0.4, 0.5) is 5.82 Å². The number of nitrogens with one attached hydrogen (secondary N) is 2. The third-order valence-corrected chi connectivity index (χ3v) is 4.66. The van der Waals surface area contributed by atoms with E-state index >= 15 is 0 Å². The van der Waals surface area contributed by atoms with Gasteiger partial charge in [0.15, 0.2) is 5.82 Å². The van der Waals surface area contributed by atoms with Crippen molar-refractivity contribution in [2.24, 2.45) is 0 Å². The number of nitrogens with zero attached hydrogens (tertiary/aromatic N) is 5. The van der Waals surface area contributed by atoms with Crippen molar-refractivity contribution in [3.63, 3.8) is 0 Å². The van der Waals surface area contributed by atoms with Crippen LogP contribution in [0.2, 0.25) is 0 Å². The molecule has 0 spiro atoms. The van der Waals surface area contributed by atoms with Crippen molar-refractivity contribution >= 4 is 11.7 Å². The number of carbonyl (C=O) groups is 1. The minimum atomic E-state index is -0.381. The van der Waals surface area contributed by atoms with Crippen molar-refractivity contribution in [1.82, 2.24) is 29.6 Å². The van der Waals surface area contributed by atoms with Crippen LogP contribution in [0.25, 0.3) is 5.69 Å². The molecule has 2 aromatic heterocycles. The number of para-hydroxylation sites is 1. The van der Waals surface area contributed by atoms with Crippen LogP contribution in [-0.2, 0) is 11.3 Å². The van der Waals surface area contributed by atoms with Crippen LogP contribution in [0, 0.1) is 0 Å². The minimum absolute atomic E-state index is 0.117. The molecule has 1 atom stereocenters. The van der Waals surface area contributed by atoms with E-state index in [4.69, 9.17) is 0 Å². The Bertz CT molecular complexity index is 992. The molecule has 1 amide bonds. The fraction of sp³-hybridized carbons (Fsp3) is 0.316. The van der Waals surface area contributed by atoms with E-state index in [1.54, 1.807) is 4.57 Å². The first-order chi connectivity index (χ1) is 13.7. The molecule has 1 saturated heterocycles. The SMILES string of the molecule is O=C(Cn1nc(C2CCCNC2)n(-c2ccccc2)c1=O)Nc1cnccn1. The molecule has 1 unspecified atom stereocenters. The average Bonchev–Trinajstić information content (AvgIpc) is 3.06. The van der Waals surface area contributed by atoms with Gasteiger partial charge in [-0.1, -0.05) is 18.2 Å². The van der Waals surface area contributed by atoms with Crippen LogP contribution in [0.15, 0.2) is 53.7 Å². The summed E-state index contributed by atoms with van der Waals surface area (Å²) in [5.41, 5.74) is 0.412. The number of anilines is 1. The molecule has 0 aliphatic carbocycles. The Balaban J connectivity index is 1.65. The van der Waals surface area contributed by atoms with Crippen molar-refractivity contribution < 1.29 is 4.79 Å². The number of amides is 1. The van der Waals surface area contributed by atoms with E-state index in [-0.39, 0.29) is 24.1 Å². The van der Waals surface area contributed by atoms with Gasteiger partial charge in [0, 0.05) is 24.9 Å². The van der Waals surface area contributed by atoms with Gasteiger partial charge in [0.1, 0.15) is 12.4 Å². The molecule has 9 nitrogen and oxygen atoms in total. The molecule has 0 bridgehead atoms. The summed E-state index contributed by atoms with van der Waals surface area (Å²) in [6.07, 6.45) is 6.42. The molecule has 9 heteroatoms. The third kappa shape index (κ3) is 3.84. The molecule has 1 aliphatic heterocycles. The summed E-state index contributed by atoms with van der Waals surface area (Å²) in [7, 11) is 0. The summed E-state index contributed by atoms with van der Waals surface area (Å²) < 4.78 is 2.82. The van der Waals surface area contributed by atoms with Gasteiger partial charge in [-0.25, -0.2) is 19.0 Å². The predicted molar refractivity (Wildman–Crippen MR) is 103 cm³/mol. The summed E-state index contributed by atoms with van der Waals surface area (Å²) in [5, 5.41) is 10.5. The summed E-state index contributed by atoms with van der Waals surface area (Å²) in [5.74, 6) is 0.745. The van der Waals surface area contributed by atoms with Gasteiger partial charge in [0.05, 0.1) is 11.9 Å². The Morgan fingerprint density at radius 1 is 1.25 bits per heavy atom. The lowest BCUT2D eigenvalue weighted by atomic mass is 9.99. The normalized spacial score (nSPS) is 16.6. The Kier molecular flexibility index (Phi) is 5.24. The standard InChI is InChI=1S/C19H21N7O2/c27-17(23-16-12-21-9-10-22-16)13-25-19(28)26(15-6-2-1-3-7-15)18(24-25)14-5-4-8-20-11-14/h1-3,6-7,9-10,12,14,20H,4-5,8,11,13H2,(H,22,23,27). The van der Waals surface area contributed by atoms with Crippen molar-refractivity contribution in [1.29, 1.82) is 0 Å². The topological polar surface area (TPSA) is 107 Å². The zero-order valence-electron chi connectivity index (χ0n) is 15.3. The highest BCUT2D eigenvalue weighted by Crippen LogP contribution is 2.22. The monoisotopic (exact) mass is 379 g/mol. The summed E-state index contributed by atoms with van der Waals surface area (Å²) in [6.45, 7) is 1.53. The summed E-state index contributed by atoms with van der Waals surface area (Å²) >= 11 is 0. The van der Waals surface area contributed by atoms with E-state index in [2.05, 4.69) is 25.7 Å². The number of benzene rings is 1.